The average molecular weight is 282 g/mol. The maximum Gasteiger partial charge on any atom is 0.125 e. The third kappa shape index (κ3) is 3.27. The van der Waals surface area contributed by atoms with Crippen LogP contribution >= 0.6 is 0 Å². The fourth-order valence-corrected chi connectivity index (χ4v) is 2.90. The lowest BCUT2D eigenvalue weighted by atomic mass is 9.98. The summed E-state index contributed by atoms with van der Waals surface area (Å²) in [6.07, 6.45) is 1.82. The fourth-order valence-electron chi connectivity index (χ4n) is 2.90. The molecule has 0 amide bonds. The standard InChI is InChI=1S/C17H22N4/c1-13-11-21(16-7-5-15(18)6-8-16)12-14(13)10-20-17-4-2-3-9-19-17/h2-9,13-14H,10-12,18H2,1H3,(H,19,20)/t13-,14-/m1/s1. The molecule has 0 bridgehead atoms. The van der Waals surface area contributed by atoms with Crippen molar-refractivity contribution in [3.63, 3.8) is 0 Å². The first kappa shape index (κ1) is 13.7. The molecule has 1 aliphatic rings. The zero-order valence-electron chi connectivity index (χ0n) is 12.4. The Labute approximate surface area is 126 Å². The minimum Gasteiger partial charge on any atom is -0.399 e. The predicted octanol–water partition coefficient (Wildman–Crippen LogP) is 2.85. The number of hydrogen-bond acceptors (Lipinski definition) is 4. The molecule has 1 fully saturated rings. The van der Waals surface area contributed by atoms with Gasteiger partial charge >= 0.3 is 0 Å². The zero-order valence-corrected chi connectivity index (χ0v) is 12.4. The van der Waals surface area contributed by atoms with Crippen LogP contribution in [0.25, 0.3) is 0 Å². The lowest BCUT2D eigenvalue weighted by Gasteiger charge is -2.19. The summed E-state index contributed by atoms with van der Waals surface area (Å²) in [4.78, 5) is 6.75. The maximum atomic E-state index is 5.76. The average Bonchev–Trinajstić information content (AvgIpc) is 2.88. The highest BCUT2D eigenvalue weighted by Gasteiger charge is 2.29. The van der Waals surface area contributed by atoms with Crippen molar-refractivity contribution in [3.8, 4) is 0 Å². The summed E-state index contributed by atoms with van der Waals surface area (Å²) in [5.74, 6) is 2.25. The molecule has 2 aromatic rings. The highest BCUT2D eigenvalue weighted by atomic mass is 15.2. The Hall–Kier alpha value is -2.23. The third-order valence-corrected chi connectivity index (χ3v) is 4.24. The number of nitrogens with zero attached hydrogens (tertiary/aromatic N) is 2. The summed E-state index contributed by atoms with van der Waals surface area (Å²) >= 11 is 0. The van der Waals surface area contributed by atoms with E-state index < -0.39 is 0 Å². The van der Waals surface area contributed by atoms with Crippen molar-refractivity contribution in [1.82, 2.24) is 4.98 Å². The van der Waals surface area contributed by atoms with E-state index in [-0.39, 0.29) is 0 Å². The van der Waals surface area contributed by atoms with Gasteiger partial charge in [-0.2, -0.15) is 0 Å². The van der Waals surface area contributed by atoms with Crippen LogP contribution in [-0.2, 0) is 0 Å². The van der Waals surface area contributed by atoms with Gasteiger partial charge in [-0.25, -0.2) is 4.98 Å². The molecule has 3 N–H and O–H groups in total. The van der Waals surface area contributed by atoms with Gasteiger partial charge in [0.05, 0.1) is 0 Å². The first-order valence-electron chi connectivity index (χ1n) is 7.48. The molecule has 0 spiro atoms. The summed E-state index contributed by atoms with van der Waals surface area (Å²) in [6, 6.07) is 14.1. The van der Waals surface area contributed by atoms with Crippen LogP contribution in [0, 0.1) is 11.8 Å². The van der Waals surface area contributed by atoms with Gasteiger partial charge in [0.25, 0.3) is 0 Å². The van der Waals surface area contributed by atoms with E-state index in [0.29, 0.717) is 11.8 Å². The quantitative estimate of drug-likeness (QED) is 0.847. The number of nitrogens with one attached hydrogen (secondary N) is 1. The van der Waals surface area contributed by atoms with E-state index >= 15 is 0 Å². The number of benzene rings is 1. The minimum absolute atomic E-state index is 0.629. The Balaban J connectivity index is 1.59. The predicted molar refractivity (Wildman–Crippen MR) is 88.4 cm³/mol. The van der Waals surface area contributed by atoms with Crippen molar-refractivity contribution in [2.45, 2.75) is 6.92 Å². The van der Waals surface area contributed by atoms with Crippen LogP contribution in [-0.4, -0.2) is 24.6 Å². The van der Waals surface area contributed by atoms with Gasteiger partial charge < -0.3 is 16.0 Å². The summed E-state index contributed by atoms with van der Waals surface area (Å²) < 4.78 is 0. The molecule has 4 nitrogen and oxygen atoms in total. The van der Waals surface area contributed by atoms with Gasteiger partial charge in [0.1, 0.15) is 5.82 Å². The van der Waals surface area contributed by atoms with Crippen LogP contribution < -0.4 is 16.0 Å². The van der Waals surface area contributed by atoms with Crippen molar-refractivity contribution in [2.24, 2.45) is 11.8 Å². The number of hydrogen-bond donors (Lipinski definition) is 2. The molecular weight excluding hydrogens is 260 g/mol. The molecule has 1 aromatic heterocycles. The number of nitrogens with two attached hydrogens (primary N) is 1. The molecule has 0 saturated carbocycles. The Kier molecular flexibility index (Phi) is 3.95. The van der Waals surface area contributed by atoms with Gasteiger partial charge in [-0.15, -0.1) is 0 Å². The molecular formula is C17H22N4. The molecule has 1 saturated heterocycles. The van der Waals surface area contributed by atoms with Crippen molar-refractivity contribution < 1.29 is 0 Å². The van der Waals surface area contributed by atoms with E-state index in [1.165, 1.54) is 5.69 Å². The number of nitrogen functional groups attached to an aromatic ring is 1. The number of rotatable bonds is 4. The van der Waals surface area contributed by atoms with Crippen molar-refractivity contribution in [2.75, 3.05) is 35.6 Å². The molecule has 0 unspecified atom stereocenters. The smallest absolute Gasteiger partial charge is 0.125 e. The maximum absolute atomic E-state index is 5.76. The molecule has 110 valence electrons. The highest BCUT2D eigenvalue weighted by Crippen LogP contribution is 2.28. The number of anilines is 3. The second-order valence-electron chi connectivity index (χ2n) is 5.83. The Morgan fingerprint density at radius 2 is 2.00 bits per heavy atom. The van der Waals surface area contributed by atoms with Gasteiger partial charge in [0.15, 0.2) is 0 Å². The summed E-state index contributed by atoms with van der Waals surface area (Å²) in [7, 11) is 0. The van der Waals surface area contributed by atoms with E-state index in [4.69, 9.17) is 5.73 Å². The van der Waals surface area contributed by atoms with Crippen molar-refractivity contribution >= 4 is 17.2 Å². The Morgan fingerprint density at radius 3 is 2.71 bits per heavy atom. The van der Waals surface area contributed by atoms with Gasteiger partial charge in [-0.3, -0.25) is 0 Å². The van der Waals surface area contributed by atoms with Gasteiger partial charge in [-0.05, 0) is 48.2 Å². The van der Waals surface area contributed by atoms with E-state index in [1.807, 2.05) is 36.5 Å². The first-order valence-corrected chi connectivity index (χ1v) is 7.48. The van der Waals surface area contributed by atoms with Crippen LogP contribution in [0.1, 0.15) is 6.92 Å². The van der Waals surface area contributed by atoms with E-state index in [0.717, 1.165) is 31.1 Å². The molecule has 0 radical (unpaired) electrons. The molecule has 1 aromatic carbocycles. The van der Waals surface area contributed by atoms with Crippen LogP contribution in [0.3, 0.4) is 0 Å². The highest BCUT2D eigenvalue weighted by molar-refractivity contribution is 5.53. The number of aromatic nitrogens is 1. The molecule has 2 heterocycles. The molecule has 2 atom stereocenters. The van der Waals surface area contributed by atoms with Crippen molar-refractivity contribution in [1.29, 1.82) is 0 Å². The topological polar surface area (TPSA) is 54.2 Å². The summed E-state index contributed by atoms with van der Waals surface area (Å²) in [5.41, 5.74) is 7.84. The fraction of sp³-hybridized carbons (Fsp3) is 0.353. The second-order valence-corrected chi connectivity index (χ2v) is 5.83. The van der Waals surface area contributed by atoms with Crippen molar-refractivity contribution in [3.05, 3.63) is 48.7 Å². The molecule has 3 rings (SSSR count). The molecule has 0 aliphatic carbocycles. The third-order valence-electron chi connectivity index (χ3n) is 4.24. The second kappa shape index (κ2) is 6.04. The van der Waals surface area contributed by atoms with Crippen LogP contribution in [0.5, 0.6) is 0 Å². The monoisotopic (exact) mass is 282 g/mol. The van der Waals surface area contributed by atoms with Crippen LogP contribution in [0.2, 0.25) is 0 Å². The lowest BCUT2D eigenvalue weighted by Crippen LogP contribution is -2.23. The first-order chi connectivity index (χ1) is 10.2. The molecule has 4 heteroatoms. The number of pyridine rings is 1. The van der Waals surface area contributed by atoms with E-state index in [1.54, 1.807) is 0 Å². The summed E-state index contributed by atoms with van der Waals surface area (Å²) in [5, 5.41) is 3.44. The van der Waals surface area contributed by atoms with E-state index in [2.05, 4.69) is 34.3 Å². The lowest BCUT2D eigenvalue weighted by molar-refractivity contribution is 0.474. The zero-order chi connectivity index (χ0) is 14.7. The molecule has 21 heavy (non-hydrogen) atoms. The minimum atomic E-state index is 0.629. The van der Waals surface area contributed by atoms with Gasteiger partial charge in [-0.1, -0.05) is 13.0 Å². The largest absolute Gasteiger partial charge is 0.399 e. The van der Waals surface area contributed by atoms with Gasteiger partial charge in [0, 0.05) is 37.2 Å². The van der Waals surface area contributed by atoms with Crippen LogP contribution in [0.15, 0.2) is 48.7 Å². The summed E-state index contributed by atoms with van der Waals surface area (Å²) in [6.45, 7) is 5.45. The normalized spacial score (nSPS) is 21.5. The Bertz CT molecular complexity index is 567. The van der Waals surface area contributed by atoms with Crippen LogP contribution in [0.4, 0.5) is 17.2 Å². The van der Waals surface area contributed by atoms with E-state index in [9.17, 15) is 0 Å². The van der Waals surface area contributed by atoms with Gasteiger partial charge in [0.2, 0.25) is 0 Å². The SMILES string of the molecule is C[C@@H]1CN(c2ccc(N)cc2)C[C@H]1CNc1ccccn1. The Morgan fingerprint density at radius 1 is 1.19 bits per heavy atom. The molecule has 1 aliphatic heterocycles.